The van der Waals surface area contributed by atoms with Crippen LogP contribution in [-0.2, 0) is 12.8 Å². The van der Waals surface area contributed by atoms with Crippen LogP contribution in [0.15, 0.2) is 60.7 Å². The molecule has 0 nitrogen and oxygen atoms in total. The fourth-order valence-electron chi connectivity index (χ4n) is 4.60. The number of hydrogen-bond acceptors (Lipinski definition) is 1. The van der Waals surface area contributed by atoms with Crippen LogP contribution in [0, 0.1) is 0 Å². The molecule has 1 heteroatoms. The molecule has 0 bridgehead atoms. The minimum absolute atomic E-state index is 1.11. The second-order valence-electron chi connectivity index (χ2n) is 6.86. The van der Waals surface area contributed by atoms with Crippen molar-refractivity contribution in [2.75, 3.05) is 0 Å². The van der Waals surface area contributed by atoms with Gasteiger partial charge in [0, 0.05) is 20.2 Å². The average Bonchev–Trinajstić information content (AvgIpc) is 3.20. The van der Waals surface area contributed by atoms with Gasteiger partial charge in [-0.2, -0.15) is 0 Å². The van der Waals surface area contributed by atoms with Crippen molar-refractivity contribution >= 4 is 42.7 Å². The molecule has 0 fully saturated rings. The Bertz CT molecular complexity index is 1170. The summed E-state index contributed by atoms with van der Waals surface area (Å²) in [4.78, 5) is 0. The molecule has 114 valence electrons. The highest BCUT2D eigenvalue weighted by molar-refractivity contribution is 7.26. The Morgan fingerprint density at radius 1 is 0.667 bits per heavy atom. The Kier molecular flexibility index (Phi) is 2.48. The van der Waals surface area contributed by atoms with Crippen molar-refractivity contribution in [2.45, 2.75) is 19.3 Å². The minimum Gasteiger partial charge on any atom is -0.135 e. The first-order valence-electron chi connectivity index (χ1n) is 8.64. The Morgan fingerprint density at radius 2 is 1.54 bits per heavy atom. The SMILES string of the molecule is c1ccc2c(c1)CC1=C2CCc2c1ccc1c2sc2ccccc21. The van der Waals surface area contributed by atoms with E-state index in [0.717, 1.165) is 6.42 Å². The van der Waals surface area contributed by atoms with Crippen molar-refractivity contribution in [2.24, 2.45) is 0 Å². The summed E-state index contributed by atoms with van der Waals surface area (Å²) in [5.74, 6) is 0. The number of allylic oxidation sites excluding steroid dienone is 2. The van der Waals surface area contributed by atoms with Crippen molar-refractivity contribution in [3.8, 4) is 0 Å². The van der Waals surface area contributed by atoms with Gasteiger partial charge in [-0.3, -0.25) is 0 Å². The van der Waals surface area contributed by atoms with E-state index in [1.54, 1.807) is 16.7 Å². The van der Waals surface area contributed by atoms with Gasteiger partial charge in [0.1, 0.15) is 0 Å². The number of hydrogen-bond donors (Lipinski definition) is 0. The lowest BCUT2D eigenvalue weighted by atomic mass is 9.85. The van der Waals surface area contributed by atoms with Crippen LogP contribution in [0.2, 0.25) is 0 Å². The van der Waals surface area contributed by atoms with Crippen LogP contribution >= 0.6 is 11.3 Å². The van der Waals surface area contributed by atoms with Gasteiger partial charge in [-0.1, -0.05) is 54.6 Å². The first kappa shape index (κ1) is 13.0. The quantitative estimate of drug-likeness (QED) is 0.348. The highest BCUT2D eigenvalue weighted by atomic mass is 32.1. The maximum Gasteiger partial charge on any atom is 0.0393 e. The van der Waals surface area contributed by atoms with Crippen molar-refractivity contribution < 1.29 is 0 Å². The largest absolute Gasteiger partial charge is 0.135 e. The Hall–Kier alpha value is -2.38. The van der Waals surface area contributed by atoms with Crippen molar-refractivity contribution in [1.82, 2.24) is 0 Å². The van der Waals surface area contributed by atoms with E-state index in [4.69, 9.17) is 0 Å². The molecule has 1 heterocycles. The molecule has 0 radical (unpaired) electrons. The van der Waals surface area contributed by atoms with Crippen LogP contribution < -0.4 is 0 Å². The molecule has 6 rings (SSSR count). The normalized spacial score (nSPS) is 15.7. The third-order valence-electron chi connectivity index (χ3n) is 5.67. The van der Waals surface area contributed by atoms with Crippen molar-refractivity contribution in [1.29, 1.82) is 0 Å². The topological polar surface area (TPSA) is 0 Å². The summed E-state index contributed by atoms with van der Waals surface area (Å²) >= 11 is 1.97. The van der Waals surface area contributed by atoms with Crippen molar-refractivity contribution in [3.05, 3.63) is 82.9 Å². The Balaban J connectivity index is 1.65. The summed E-state index contributed by atoms with van der Waals surface area (Å²) in [5, 5.41) is 2.85. The second kappa shape index (κ2) is 4.58. The summed E-state index contributed by atoms with van der Waals surface area (Å²) in [6, 6.07) is 22.5. The molecular formula is C23H16S. The zero-order valence-electron chi connectivity index (χ0n) is 13.3. The van der Waals surface area contributed by atoms with Crippen LogP contribution in [0.25, 0.3) is 31.3 Å². The van der Waals surface area contributed by atoms with Gasteiger partial charge in [0.05, 0.1) is 0 Å². The molecule has 0 spiro atoms. The molecule has 24 heavy (non-hydrogen) atoms. The Morgan fingerprint density at radius 3 is 2.54 bits per heavy atom. The molecule has 4 aromatic rings. The van der Waals surface area contributed by atoms with Crippen LogP contribution in [0.3, 0.4) is 0 Å². The van der Waals surface area contributed by atoms with Gasteiger partial charge in [-0.25, -0.2) is 0 Å². The van der Waals surface area contributed by atoms with E-state index in [2.05, 4.69) is 60.7 Å². The number of rotatable bonds is 0. The molecule has 0 N–H and O–H groups in total. The van der Waals surface area contributed by atoms with Gasteiger partial charge in [-0.15, -0.1) is 11.3 Å². The highest BCUT2D eigenvalue weighted by Gasteiger charge is 2.28. The molecule has 1 aromatic heterocycles. The molecule has 2 aliphatic rings. The molecule has 2 aliphatic carbocycles. The zero-order chi connectivity index (χ0) is 15.7. The molecule has 0 saturated heterocycles. The first-order chi connectivity index (χ1) is 11.9. The van der Waals surface area contributed by atoms with E-state index in [-0.39, 0.29) is 0 Å². The van der Waals surface area contributed by atoms with Crippen molar-refractivity contribution in [3.63, 3.8) is 0 Å². The lowest BCUT2D eigenvalue weighted by Gasteiger charge is -2.20. The average molecular weight is 324 g/mol. The van der Waals surface area contributed by atoms with E-state index >= 15 is 0 Å². The number of benzene rings is 3. The fourth-order valence-corrected chi connectivity index (χ4v) is 5.88. The predicted octanol–water partition coefficient (Wildman–Crippen LogP) is 6.47. The van der Waals surface area contributed by atoms with Gasteiger partial charge < -0.3 is 0 Å². The third-order valence-corrected chi connectivity index (χ3v) is 6.92. The molecule has 0 unspecified atom stereocenters. The maximum atomic E-state index is 2.39. The summed E-state index contributed by atoms with van der Waals surface area (Å²) in [7, 11) is 0. The van der Waals surface area contributed by atoms with E-state index < -0.39 is 0 Å². The van der Waals surface area contributed by atoms with Crippen LogP contribution in [0.4, 0.5) is 0 Å². The molecular weight excluding hydrogens is 308 g/mol. The van der Waals surface area contributed by atoms with E-state index in [1.807, 2.05) is 11.3 Å². The van der Waals surface area contributed by atoms with Gasteiger partial charge >= 0.3 is 0 Å². The van der Waals surface area contributed by atoms with Gasteiger partial charge in [0.2, 0.25) is 0 Å². The smallest absolute Gasteiger partial charge is 0.0393 e. The number of thiophene rings is 1. The van der Waals surface area contributed by atoms with E-state index in [9.17, 15) is 0 Å². The fraction of sp³-hybridized carbons (Fsp3) is 0.130. The minimum atomic E-state index is 1.11. The predicted molar refractivity (Wildman–Crippen MR) is 105 cm³/mol. The molecule has 0 atom stereocenters. The van der Waals surface area contributed by atoms with Gasteiger partial charge in [-0.05, 0) is 58.7 Å². The third kappa shape index (κ3) is 1.58. The lowest BCUT2D eigenvalue weighted by Crippen LogP contribution is -2.02. The highest BCUT2D eigenvalue weighted by Crippen LogP contribution is 2.48. The standard InChI is InChI=1S/C23H16S/c1-2-6-15-14(5-1)13-21-16(15)9-11-19-17(21)10-12-20-18-7-3-4-8-22(18)24-23(19)20/h1-8,10,12H,9,11,13H2. The number of fused-ring (bicyclic) bond motifs is 8. The Labute approximate surface area is 145 Å². The molecule has 0 saturated carbocycles. The first-order valence-corrected chi connectivity index (χ1v) is 9.45. The zero-order valence-corrected chi connectivity index (χ0v) is 14.1. The monoisotopic (exact) mass is 324 g/mol. The summed E-state index contributed by atoms with van der Waals surface area (Å²) in [6.07, 6.45) is 3.47. The lowest BCUT2D eigenvalue weighted by molar-refractivity contribution is 1.01. The van der Waals surface area contributed by atoms with Gasteiger partial charge in [0.25, 0.3) is 0 Å². The maximum absolute atomic E-state index is 2.39. The number of aryl methyl sites for hydroxylation is 1. The molecule has 3 aromatic carbocycles. The summed E-state index contributed by atoms with van der Waals surface area (Å²) in [5.41, 5.74) is 9.27. The van der Waals surface area contributed by atoms with Crippen LogP contribution in [-0.4, -0.2) is 0 Å². The second-order valence-corrected chi connectivity index (χ2v) is 7.91. The van der Waals surface area contributed by atoms with E-state index in [0.29, 0.717) is 0 Å². The summed E-state index contributed by atoms with van der Waals surface area (Å²) < 4.78 is 2.92. The molecule has 0 aliphatic heterocycles. The van der Waals surface area contributed by atoms with Crippen LogP contribution in [0.5, 0.6) is 0 Å². The van der Waals surface area contributed by atoms with Crippen LogP contribution in [0.1, 0.15) is 28.7 Å². The van der Waals surface area contributed by atoms with Gasteiger partial charge in [0.15, 0.2) is 0 Å². The molecule has 0 amide bonds. The van der Waals surface area contributed by atoms with E-state index in [1.165, 1.54) is 49.7 Å². The summed E-state index contributed by atoms with van der Waals surface area (Å²) in [6.45, 7) is 0.